The van der Waals surface area contributed by atoms with Crippen LogP contribution < -0.4 is 5.32 Å². The second-order valence-corrected chi connectivity index (χ2v) is 2.95. The van der Waals surface area contributed by atoms with Crippen molar-refractivity contribution in [1.29, 1.82) is 0 Å². The third kappa shape index (κ3) is 3.31. The molecule has 6 heteroatoms. The van der Waals surface area contributed by atoms with Crippen molar-refractivity contribution in [3.63, 3.8) is 0 Å². The molecule has 0 aromatic heterocycles. The van der Waals surface area contributed by atoms with Gasteiger partial charge in [-0.05, 0) is 0 Å². The number of piperazine rings is 1. The summed E-state index contributed by atoms with van der Waals surface area (Å²) in [7, 11) is 0. The molecule has 0 aromatic carbocycles. The summed E-state index contributed by atoms with van der Waals surface area (Å²) in [5, 5.41) is 2.99. The molecule has 0 radical (unpaired) electrons. The zero-order valence-electron chi connectivity index (χ0n) is 7.02. The van der Waals surface area contributed by atoms with Crippen LogP contribution in [0.25, 0.3) is 0 Å². The van der Waals surface area contributed by atoms with E-state index in [1.54, 1.807) is 0 Å². The highest BCUT2D eigenvalue weighted by molar-refractivity contribution is 5.85. The summed E-state index contributed by atoms with van der Waals surface area (Å²) in [5.41, 5.74) is 0. The highest BCUT2D eigenvalue weighted by Gasteiger charge is 2.38. The number of carbonyl (C=O) groups excluding carboxylic acids is 1. The number of nitrogens with zero attached hydrogens (tertiary/aromatic N) is 1. The SMILES string of the molecule is O=C(CN1CCNCC1)C(F)(F)F. The quantitative estimate of drug-likeness (QED) is 0.676. The molecule has 0 saturated carbocycles. The lowest BCUT2D eigenvalue weighted by Gasteiger charge is -2.26. The molecule has 0 bridgehead atoms. The normalized spacial score (nSPS) is 20.2. The molecule has 0 spiro atoms. The van der Waals surface area contributed by atoms with Crippen LogP contribution in [-0.4, -0.2) is 49.6 Å². The average Bonchev–Trinajstić information content (AvgIpc) is 2.04. The molecule has 76 valence electrons. The summed E-state index contributed by atoms with van der Waals surface area (Å²) in [6.45, 7) is 1.78. The lowest BCUT2D eigenvalue weighted by Crippen LogP contribution is -2.47. The minimum absolute atomic E-state index is 0.502. The van der Waals surface area contributed by atoms with Crippen LogP contribution in [0.2, 0.25) is 0 Å². The number of nitrogens with one attached hydrogen (secondary N) is 1. The van der Waals surface area contributed by atoms with Crippen LogP contribution in [0.5, 0.6) is 0 Å². The fraction of sp³-hybridized carbons (Fsp3) is 0.857. The fourth-order valence-electron chi connectivity index (χ4n) is 1.16. The maximum atomic E-state index is 11.8. The topological polar surface area (TPSA) is 32.3 Å². The molecule has 1 rings (SSSR count). The Morgan fingerprint density at radius 1 is 1.31 bits per heavy atom. The van der Waals surface area contributed by atoms with E-state index in [1.165, 1.54) is 4.90 Å². The Kier molecular flexibility index (Phi) is 3.27. The van der Waals surface area contributed by atoms with Crippen molar-refractivity contribution in [2.24, 2.45) is 0 Å². The molecule has 0 unspecified atom stereocenters. The molecular weight excluding hydrogens is 185 g/mol. The maximum Gasteiger partial charge on any atom is 0.451 e. The standard InChI is InChI=1S/C7H11F3N2O/c8-7(9,10)6(13)5-12-3-1-11-2-4-12/h11H,1-5H2. The highest BCUT2D eigenvalue weighted by atomic mass is 19.4. The Labute approximate surface area is 73.9 Å². The number of halogens is 3. The zero-order chi connectivity index (χ0) is 9.90. The molecule has 13 heavy (non-hydrogen) atoms. The van der Waals surface area contributed by atoms with E-state index in [1.807, 2.05) is 0 Å². The molecule has 0 amide bonds. The summed E-state index contributed by atoms with van der Waals surface area (Å²) >= 11 is 0. The van der Waals surface area contributed by atoms with Gasteiger partial charge in [0.25, 0.3) is 0 Å². The van der Waals surface area contributed by atoms with Gasteiger partial charge in [0.2, 0.25) is 5.78 Å². The number of Topliss-reactive ketones (excluding diaryl/α,β-unsaturated/α-hetero) is 1. The van der Waals surface area contributed by atoms with Gasteiger partial charge in [-0.2, -0.15) is 13.2 Å². The second-order valence-electron chi connectivity index (χ2n) is 2.95. The van der Waals surface area contributed by atoms with Crippen LogP contribution in [0.15, 0.2) is 0 Å². The summed E-state index contributed by atoms with van der Waals surface area (Å²) in [6, 6.07) is 0. The number of alkyl halides is 3. The van der Waals surface area contributed by atoms with Crippen molar-refractivity contribution in [2.45, 2.75) is 6.18 Å². The first-order valence-corrected chi connectivity index (χ1v) is 4.03. The van der Waals surface area contributed by atoms with Gasteiger partial charge in [0.1, 0.15) is 0 Å². The minimum atomic E-state index is -4.69. The van der Waals surface area contributed by atoms with E-state index in [9.17, 15) is 18.0 Å². The van der Waals surface area contributed by atoms with Gasteiger partial charge in [-0.3, -0.25) is 9.69 Å². The summed E-state index contributed by atoms with van der Waals surface area (Å²) in [4.78, 5) is 12.1. The lowest BCUT2D eigenvalue weighted by molar-refractivity contribution is -0.172. The Bertz CT molecular complexity index is 187. The first kappa shape index (κ1) is 10.5. The fourth-order valence-corrected chi connectivity index (χ4v) is 1.16. The van der Waals surface area contributed by atoms with Gasteiger partial charge in [0.05, 0.1) is 6.54 Å². The van der Waals surface area contributed by atoms with E-state index < -0.39 is 18.5 Å². The molecule has 0 aromatic rings. The van der Waals surface area contributed by atoms with Crippen LogP contribution in [-0.2, 0) is 4.79 Å². The van der Waals surface area contributed by atoms with Crippen molar-refractivity contribution in [1.82, 2.24) is 10.2 Å². The van der Waals surface area contributed by atoms with E-state index >= 15 is 0 Å². The average molecular weight is 196 g/mol. The first-order valence-electron chi connectivity index (χ1n) is 4.03. The number of carbonyl (C=O) groups is 1. The van der Waals surface area contributed by atoms with E-state index in [-0.39, 0.29) is 0 Å². The van der Waals surface area contributed by atoms with E-state index in [2.05, 4.69) is 5.32 Å². The highest BCUT2D eigenvalue weighted by Crippen LogP contribution is 2.16. The Morgan fingerprint density at radius 2 is 1.85 bits per heavy atom. The summed E-state index contributed by atoms with van der Waals surface area (Å²) in [5.74, 6) is -1.66. The predicted octanol–water partition coefficient (Wildman–Crippen LogP) is 0.0230. The van der Waals surface area contributed by atoms with Crippen LogP contribution in [0, 0.1) is 0 Å². The van der Waals surface area contributed by atoms with E-state index in [0.717, 1.165) is 0 Å². The molecule has 0 aliphatic carbocycles. The largest absolute Gasteiger partial charge is 0.451 e. The van der Waals surface area contributed by atoms with Crippen LogP contribution in [0.4, 0.5) is 13.2 Å². The predicted molar refractivity (Wildman–Crippen MR) is 40.4 cm³/mol. The summed E-state index contributed by atoms with van der Waals surface area (Å²) in [6.07, 6.45) is -4.69. The van der Waals surface area contributed by atoms with Crippen LogP contribution >= 0.6 is 0 Å². The summed E-state index contributed by atoms with van der Waals surface area (Å²) < 4.78 is 35.4. The van der Waals surface area contributed by atoms with Crippen LogP contribution in [0.3, 0.4) is 0 Å². The van der Waals surface area contributed by atoms with Crippen molar-refractivity contribution in [3.8, 4) is 0 Å². The Morgan fingerprint density at radius 3 is 2.31 bits per heavy atom. The number of rotatable bonds is 2. The first-order chi connectivity index (χ1) is 6.00. The van der Waals surface area contributed by atoms with Gasteiger partial charge in [0.15, 0.2) is 0 Å². The van der Waals surface area contributed by atoms with Gasteiger partial charge < -0.3 is 5.32 Å². The number of hydrogen-bond acceptors (Lipinski definition) is 3. The maximum absolute atomic E-state index is 11.8. The van der Waals surface area contributed by atoms with Crippen molar-refractivity contribution in [3.05, 3.63) is 0 Å². The number of ketones is 1. The zero-order valence-corrected chi connectivity index (χ0v) is 7.02. The molecule has 1 saturated heterocycles. The van der Waals surface area contributed by atoms with Gasteiger partial charge in [-0.15, -0.1) is 0 Å². The molecule has 1 aliphatic heterocycles. The molecule has 1 N–H and O–H groups in total. The third-order valence-electron chi connectivity index (χ3n) is 1.89. The van der Waals surface area contributed by atoms with Gasteiger partial charge >= 0.3 is 6.18 Å². The molecule has 3 nitrogen and oxygen atoms in total. The monoisotopic (exact) mass is 196 g/mol. The Hall–Kier alpha value is -0.620. The van der Waals surface area contributed by atoms with Gasteiger partial charge in [-0.1, -0.05) is 0 Å². The second kappa shape index (κ2) is 4.06. The van der Waals surface area contributed by atoms with Crippen molar-refractivity contribution in [2.75, 3.05) is 32.7 Å². The molecule has 0 atom stereocenters. The van der Waals surface area contributed by atoms with Crippen molar-refractivity contribution < 1.29 is 18.0 Å². The smallest absolute Gasteiger partial charge is 0.314 e. The van der Waals surface area contributed by atoms with Gasteiger partial charge in [0, 0.05) is 26.2 Å². The molecule has 1 aliphatic rings. The van der Waals surface area contributed by atoms with E-state index in [0.29, 0.717) is 26.2 Å². The molecule has 1 heterocycles. The van der Waals surface area contributed by atoms with Gasteiger partial charge in [-0.25, -0.2) is 0 Å². The number of hydrogen-bond donors (Lipinski definition) is 1. The third-order valence-corrected chi connectivity index (χ3v) is 1.89. The van der Waals surface area contributed by atoms with Crippen molar-refractivity contribution >= 4 is 5.78 Å². The molecule has 1 fully saturated rings. The van der Waals surface area contributed by atoms with Crippen LogP contribution in [0.1, 0.15) is 0 Å². The minimum Gasteiger partial charge on any atom is -0.314 e. The van der Waals surface area contributed by atoms with E-state index in [4.69, 9.17) is 0 Å². The molecular formula is C7H11F3N2O. The Balaban J connectivity index is 2.35. The lowest BCUT2D eigenvalue weighted by atomic mass is 10.3.